The second-order valence-corrected chi connectivity index (χ2v) is 5.52. The van der Waals surface area contributed by atoms with Gasteiger partial charge in [-0.3, -0.25) is 0 Å². The first kappa shape index (κ1) is 15.2. The summed E-state index contributed by atoms with van der Waals surface area (Å²) in [5.41, 5.74) is 3.27. The molecule has 0 unspecified atom stereocenters. The number of halogens is 1. The Labute approximate surface area is 139 Å². The Balaban J connectivity index is 1.69. The average Bonchev–Trinajstić information content (AvgIpc) is 2.54. The Bertz CT molecular complexity index is 806. The van der Waals surface area contributed by atoms with E-state index in [2.05, 4.69) is 44.9 Å². The highest BCUT2D eigenvalue weighted by molar-refractivity contribution is 6.30. The summed E-state index contributed by atoms with van der Waals surface area (Å²) < 4.78 is 0. The predicted molar refractivity (Wildman–Crippen MR) is 93.1 cm³/mol. The first-order valence-electron chi connectivity index (χ1n) is 7.21. The van der Waals surface area contributed by atoms with Crippen molar-refractivity contribution in [2.45, 2.75) is 13.5 Å². The highest BCUT2D eigenvalue weighted by atomic mass is 35.5. The molecule has 0 bridgehead atoms. The van der Waals surface area contributed by atoms with Crippen molar-refractivity contribution in [2.75, 3.05) is 10.6 Å². The van der Waals surface area contributed by atoms with E-state index < -0.39 is 0 Å². The number of rotatable bonds is 5. The molecular formula is C17H16ClN5. The number of benzene rings is 2. The van der Waals surface area contributed by atoms with Gasteiger partial charge in [-0.05, 0) is 36.2 Å². The van der Waals surface area contributed by atoms with Crippen LogP contribution in [0.15, 0.2) is 54.7 Å². The van der Waals surface area contributed by atoms with Gasteiger partial charge in [0.15, 0.2) is 5.82 Å². The monoisotopic (exact) mass is 325 g/mol. The fraction of sp³-hybridized carbons (Fsp3) is 0.118. The Morgan fingerprint density at radius 2 is 1.96 bits per heavy atom. The molecule has 0 spiro atoms. The van der Waals surface area contributed by atoms with E-state index in [1.54, 1.807) is 6.20 Å². The lowest BCUT2D eigenvalue weighted by Gasteiger charge is -2.09. The van der Waals surface area contributed by atoms with Crippen LogP contribution in [0, 0.1) is 6.92 Å². The molecular weight excluding hydrogens is 310 g/mol. The van der Waals surface area contributed by atoms with Crippen LogP contribution < -0.4 is 10.6 Å². The number of nitrogens with zero attached hydrogens (tertiary/aromatic N) is 3. The van der Waals surface area contributed by atoms with Gasteiger partial charge < -0.3 is 10.6 Å². The maximum absolute atomic E-state index is 5.97. The number of anilines is 3. The van der Waals surface area contributed by atoms with Crippen molar-refractivity contribution in [2.24, 2.45) is 0 Å². The van der Waals surface area contributed by atoms with Crippen LogP contribution in [0.1, 0.15) is 11.1 Å². The van der Waals surface area contributed by atoms with Gasteiger partial charge >= 0.3 is 0 Å². The maximum atomic E-state index is 5.97. The van der Waals surface area contributed by atoms with Crippen LogP contribution in [0.4, 0.5) is 17.5 Å². The lowest BCUT2D eigenvalue weighted by molar-refractivity contribution is 0.946. The highest BCUT2D eigenvalue weighted by Gasteiger charge is 2.03. The summed E-state index contributed by atoms with van der Waals surface area (Å²) in [6.45, 7) is 2.72. The summed E-state index contributed by atoms with van der Waals surface area (Å²) in [5, 5.41) is 15.0. The molecule has 5 nitrogen and oxygen atoms in total. The van der Waals surface area contributed by atoms with Gasteiger partial charge in [0.2, 0.25) is 5.95 Å². The molecule has 0 aliphatic carbocycles. The second-order valence-electron chi connectivity index (χ2n) is 5.08. The van der Waals surface area contributed by atoms with Crippen molar-refractivity contribution in [1.82, 2.24) is 15.2 Å². The summed E-state index contributed by atoms with van der Waals surface area (Å²) in [4.78, 5) is 4.40. The molecule has 23 heavy (non-hydrogen) atoms. The first-order chi connectivity index (χ1) is 11.2. The maximum Gasteiger partial charge on any atom is 0.244 e. The van der Waals surface area contributed by atoms with E-state index in [1.807, 2.05) is 36.4 Å². The smallest absolute Gasteiger partial charge is 0.244 e. The molecule has 0 fully saturated rings. The van der Waals surface area contributed by atoms with E-state index >= 15 is 0 Å². The van der Waals surface area contributed by atoms with E-state index in [0.29, 0.717) is 23.3 Å². The van der Waals surface area contributed by atoms with Gasteiger partial charge in [-0.25, -0.2) is 0 Å². The van der Waals surface area contributed by atoms with Crippen molar-refractivity contribution in [1.29, 1.82) is 0 Å². The Hall–Kier alpha value is -2.66. The van der Waals surface area contributed by atoms with Gasteiger partial charge in [-0.2, -0.15) is 10.1 Å². The largest absolute Gasteiger partial charge is 0.349 e. The van der Waals surface area contributed by atoms with Gasteiger partial charge in [0.25, 0.3) is 0 Å². The van der Waals surface area contributed by atoms with Gasteiger partial charge in [0, 0.05) is 17.3 Å². The summed E-state index contributed by atoms with van der Waals surface area (Å²) in [6.07, 6.45) is 1.57. The molecule has 2 N–H and O–H groups in total. The van der Waals surface area contributed by atoms with Crippen LogP contribution in [0.2, 0.25) is 5.02 Å². The van der Waals surface area contributed by atoms with Crippen molar-refractivity contribution in [3.8, 4) is 0 Å². The third kappa shape index (κ3) is 4.17. The minimum Gasteiger partial charge on any atom is -0.349 e. The topological polar surface area (TPSA) is 62.7 Å². The summed E-state index contributed by atoms with van der Waals surface area (Å²) in [5.74, 6) is 1.08. The number of hydrogen-bond donors (Lipinski definition) is 2. The summed E-state index contributed by atoms with van der Waals surface area (Å²) in [7, 11) is 0. The molecule has 6 heteroatoms. The standard InChI is InChI=1S/C17H16ClN5/c1-12-5-2-3-6-13(12)10-19-17-22-16(11-20-23-17)21-15-8-4-7-14(18)9-15/h2-9,11H,10H2,1H3,(H2,19,21,22,23). The van der Waals surface area contributed by atoms with Crippen LogP contribution in [-0.2, 0) is 6.54 Å². The zero-order valence-corrected chi connectivity index (χ0v) is 13.4. The molecule has 0 atom stereocenters. The normalized spacial score (nSPS) is 10.3. The Morgan fingerprint density at radius 1 is 1.09 bits per heavy atom. The molecule has 0 amide bonds. The van der Waals surface area contributed by atoms with Gasteiger partial charge in [-0.15, -0.1) is 5.10 Å². The first-order valence-corrected chi connectivity index (χ1v) is 7.59. The SMILES string of the molecule is Cc1ccccc1CNc1nncc(Nc2cccc(Cl)c2)n1. The Kier molecular flexibility index (Phi) is 4.68. The molecule has 0 aliphatic heterocycles. The molecule has 0 saturated heterocycles. The van der Waals surface area contributed by atoms with Gasteiger partial charge in [-0.1, -0.05) is 41.9 Å². The number of hydrogen-bond acceptors (Lipinski definition) is 5. The lowest BCUT2D eigenvalue weighted by atomic mass is 10.1. The van der Waals surface area contributed by atoms with Crippen LogP contribution in [0.25, 0.3) is 0 Å². The minimum absolute atomic E-state index is 0.472. The quantitative estimate of drug-likeness (QED) is 0.736. The van der Waals surface area contributed by atoms with E-state index in [4.69, 9.17) is 11.6 Å². The second kappa shape index (κ2) is 7.07. The molecule has 116 valence electrons. The van der Waals surface area contributed by atoms with E-state index in [9.17, 15) is 0 Å². The van der Waals surface area contributed by atoms with Crippen molar-refractivity contribution in [3.05, 3.63) is 70.9 Å². The molecule has 1 aromatic heterocycles. The molecule has 2 aromatic carbocycles. The third-order valence-electron chi connectivity index (χ3n) is 3.35. The van der Waals surface area contributed by atoms with E-state index in [1.165, 1.54) is 11.1 Å². The molecule has 0 radical (unpaired) electrons. The fourth-order valence-electron chi connectivity index (χ4n) is 2.14. The average molecular weight is 326 g/mol. The van der Waals surface area contributed by atoms with Gasteiger partial charge in [0.1, 0.15) is 0 Å². The molecule has 0 aliphatic rings. The molecule has 3 aromatic rings. The fourth-order valence-corrected chi connectivity index (χ4v) is 2.33. The summed E-state index contributed by atoms with van der Waals surface area (Å²) >= 11 is 5.97. The molecule has 1 heterocycles. The molecule has 0 saturated carbocycles. The zero-order valence-electron chi connectivity index (χ0n) is 12.6. The third-order valence-corrected chi connectivity index (χ3v) is 3.59. The number of nitrogens with one attached hydrogen (secondary N) is 2. The van der Waals surface area contributed by atoms with Crippen molar-refractivity contribution in [3.63, 3.8) is 0 Å². The lowest BCUT2D eigenvalue weighted by Crippen LogP contribution is -2.07. The van der Waals surface area contributed by atoms with Crippen molar-refractivity contribution < 1.29 is 0 Å². The van der Waals surface area contributed by atoms with Crippen LogP contribution in [0.5, 0.6) is 0 Å². The van der Waals surface area contributed by atoms with E-state index in [0.717, 1.165) is 5.69 Å². The number of aryl methyl sites for hydroxylation is 1. The predicted octanol–water partition coefficient (Wildman–Crippen LogP) is 4.19. The van der Waals surface area contributed by atoms with Gasteiger partial charge in [0.05, 0.1) is 6.20 Å². The highest BCUT2D eigenvalue weighted by Crippen LogP contribution is 2.19. The Morgan fingerprint density at radius 3 is 2.78 bits per heavy atom. The summed E-state index contributed by atoms with van der Waals surface area (Å²) in [6, 6.07) is 15.6. The van der Waals surface area contributed by atoms with Crippen LogP contribution in [-0.4, -0.2) is 15.2 Å². The van der Waals surface area contributed by atoms with Crippen molar-refractivity contribution >= 4 is 29.1 Å². The molecule has 3 rings (SSSR count). The van der Waals surface area contributed by atoms with Crippen LogP contribution in [0.3, 0.4) is 0 Å². The minimum atomic E-state index is 0.472. The van der Waals surface area contributed by atoms with E-state index in [-0.39, 0.29) is 0 Å². The number of aromatic nitrogens is 3. The van der Waals surface area contributed by atoms with Crippen LogP contribution >= 0.6 is 11.6 Å². The zero-order chi connectivity index (χ0) is 16.1.